The van der Waals surface area contributed by atoms with Gasteiger partial charge in [-0.25, -0.2) is 0 Å². The molecule has 0 atom stereocenters. The van der Waals surface area contributed by atoms with Crippen LogP contribution in [0.25, 0.3) is 11.5 Å². The van der Waals surface area contributed by atoms with Crippen molar-refractivity contribution in [2.75, 3.05) is 5.32 Å². The van der Waals surface area contributed by atoms with Gasteiger partial charge in [-0.2, -0.15) is 0 Å². The molecule has 2 heterocycles. The van der Waals surface area contributed by atoms with Crippen molar-refractivity contribution in [3.8, 4) is 11.5 Å². The van der Waals surface area contributed by atoms with E-state index in [0.717, 1.165) is 17.0 Å². The summed E-state index contributed by atoms with van der Waals surface area (Å²) in [7, 11) is 0. The van der Waals surface area contributed by atoms with Gasteiger partial charge < -0.3 is 14.2 Å². The predicted octanol–water partition coefficient (Wildman–Crippen LogP) is 4.33. The summed E-state index contributed by atoms with van der Waals surface area (Å²) in [5.74, 6) is 1.94. The van der Waals surface area contributed by atoms with E-state index in [4.69, 9.17) is 8.83 Å². The van der Waals surface area contributed by atoms with Gasteiger partial charge in [-0.1, -0.05) is 26.0 Å². The maximum atomic E-state index is 12.1. The number of benzene rings is 1. The first-order chi connectivity index (χ1) is 12.0. The molecular formula is C19H21N3O3. The number of rotatable bonds is 6. The Kier molecular flexibility index (Phi) is 4.97. The Morgan fingerprint density at radius 2 is 1.92 bits per heavy atom. The molecule has 0 fully saturated rings. The maximum absolute atomic E-state index is 12.1. The van der Waals surface area contributed by atoms with E-state index >= 15 is 0 Å². The summed E-state index contributed by atoms with van der Waals surface area (Å²) in [5.41, 5.74) is 2.80. The molecule has 0 unspecified atom stereocenters. The Hall–Kier alpha value is -2.89. The number of hydrogen-bond acceptors (Lipinski definition) is 5. The van der Waals surface area contributed by atoms with Gasteiger partial charge in [0.05, 0.1) is 11.8 Å². The maximum Gasteiger partial charge on any atom is 0.251 e. The van der Waals surface area contributed by atoms with Gasteiger partial charge in [0.25, 0.3) is 5.89 Å². The molecule has 3 aromatic rings. The SMILES string of the molecule is Cc1occc1-c1nnc(CCC(=O)Nc2ccc(C(C)C)cc2)o1. The van der Waals surface area contributed by atoms with Crippen LogP contribution in [0, 0.1) is 6.92 Å². The first-order valence-electron chi connectivity index (χ1n) is 8.29. The zero-order chi connectivity index (χ0) is 17.8. The molecule has 0 bridgehead atoms. The summed E-state index contributed by atoms with van der Waals surface area (Å²) >= 11 is 0. The summed E-state index contributed by atoms with van der Waals surface area (Å²) in [5, 5.41) is 10.9. The van der Waals surface area contributed by atoms with Crippen LogP contribution in [0.1, 0.15) is 43.4 Å². The monoisotopic (exact) mass is 339 g/mol. The third-order valence-corrected chi connectivity index (χ3v) is 3.98. The molecule has 0 aliphatic rings. The van der Waals surface area contributed by atoms with E-state index in [-0.39, 0.29) is 12.3 Å². The molecule has 3 rings (SSSR count). The minimum absolute atomic E-state index is 0.0865. The first-order valence-corrected chi connectivity index (χ1v) is 8.29. The number of amides is 1. The predicted molar refractivity (Wildman–Crippen MR) is 94.2 cm³/mol. The van der Waals surface area contributed by atoms with Crippen LogP contribution < -0.4 is 5.32 Å². The number of hydrogen-bond donors (Lipinski definition) is 1. The molecule has 0 radical (unpaired) electrons. The van der Waals surface area contributed by atoms with Crippen molar-refractivity contribution < 1.29 is 13.6 Å². The van der Waals surface area contributed by atoms with Crippen LogP contribution in [0.4, 0.5) is 5.69 Å². The zero-order valence-corrected chi connectivity index (χ0v) is 14.6. The summed E-state index contributed by atoms with van der Waals surface area (Å²) in [6, 6.07) is 9.66. The van der Waals surface area contributed by atoms with E-state index in [1.54, 1.807) is 12.3 Å². The number of aromatic nitrogens is 2. The molecule has 130 valence electrons. The Balaban J connectivity index is 1.54. The lowest BCUT2D eigenvalue weighted by Gasteiger charge is -2.08. The lowest BCUT2D eigenvalue weighted by atomic mass is 10.0. The molecule has 1 N–H and O–H groups in total. The third kappa shape index (κ3) is 4.15. The van der Waals surface area contributed by atoms with Crippen LogP contribution in [-0.2, 0) is 11.2 Å². The van der Waals surface area contributed by atoms with Gasteiger partial charge in [0.2, 0.25) is 11.8 Å². The number of aryl methyl sites for hydroxylation is 2. The minimum Gasteiger partial charge on any atom is -0.469 e. The lowest BCUT2D eigenvalue weighted by Crippen LogP contribution is -2.12. The van der Waals surface area contributed by atoms with Crippen molar-refractivity contribution in [3.05, 3.63) is 53.8 Å². The second-order valence-electron chi connectivity index (χ2n) is 6.22. The second-order valence-corrected chi connectivity index (χ2v) is 6.22. The van der Waals surface area contributed by atoms with Gasteiger partial charge >= 0.3 is 0 Å². The van der Waals surface area contributed by atoms with Crippen molar-refractivity contribution in [2.24, 2.45) is 0 Å². The molecule has 1 aromatic carbocycles. The number of furan rings is 1. The van der Waals surface area contributed by atoms with Gasteiger partial charge in [0.1, 0.15) is 5.76 Å². The van der Waals surface area contributed by atoms with Crippen LogP contribution in [-0.4, -0.2) is 16.1 Å². The molecular weight excluding hydrogens is 318 g/mol. The number of nitrogens with one attached hydrogen (secondary N) is 1. The Labute approximate surface area is 146 Å². The van der Waals surface area contributed by atoms with Gasteiger partial charge in [0, 0.05) is 18.5 Å². The van der Waals surface area contributed by atoms with Crippen LogP contribution in [0.2, 0.25) is 0 Å². The molecule has 6 heteroatoms. The van der Waals surface area contributed by atoms with Crippen LogP contribution >= 0.6 is 0 Å². The third-order valence-electron chi connectivity index (χ3n) is 3.98. The fourth-order valence-electron chi connectivity index (χ4n) is 2.47. The van der Waals surface area contributed by atoms with Crippen LogP contribution in [0.5, 0.6) is 0 Å². The van der Waals surface area contributed by atoms with Crippen LogP contribution in [0.3, 0.4) is 0 Å². The Morgan fingerprint density at radius 3 is 2.56 bits per heavy atom. The quantitative estimate of drug-likeness (QED) is 0.723. The van der Waals surface area contributed by atoms with E-state index in [1.807, 2.05) is 31.2 Å². The van der Waals surface area contributed by atoms with E-state index < -0.39 is 0 Å². The highest BCUT2D eigenvalue weighted by atomic mass is 16.4. The van der Waals surface area contributed by atoms with Gasteiger partial charge in [0.15, 0.2) is 0 Å². The van der Waals surface area contributed by atoms with E-state index in [2.05, 4.69) is 29.4 Å². The fourth-order valence-corrected chi connectivity index (χ4v) is 2.47. The van der Waals surface area contributed by atoms with Crippen molar-refractivity contribution in [3.63, 3.8) is 0 Å². The fraction of sp³-hybridized carbons (Fsp3) is 0.316. The highest BCUT2D eigenvalue weighted by molar-refractivity contribution is 5.90. The molecule has 2 aromatic heterocycles. The molecule has 6 nitrogen and oxygen atoms in total. The van der Waals surface area contributed by atoms with Crippen molar-refractivity contribution >= 4 is 11.6 Å². The smallest absolute Gasteiger partial charge is 0.251 e. The Bertz CT molecular complexity index is 847. The highest BCUT2D eigenvalue weighted by Gasteiger charge is 2.14. The second kappa shape index (κ2) is 7.34. The van der Waals surface area contributed by atoms with E-state index in [0.29, 0.717) is 24.1 Å². The lowest BCUT2D eigenvalue weighted by molar-refractivity contribution is -0.116. The largest absolute Gasteiger partial charge is 0.469 e. The van der Waals surface area contributed by atoms with Gasteiger partial charge in [-0.3, -0.25) is 4.79 Å². The summed E-state index contributed by atoms with van der Waals surface area (Å²) in [4.78, 5) is 12.1. The average Bonchev–Trinajstić information content (AvgIpc) is 3.22. The van der Waals surface area contributed by atoms with Gasteiger partial charge in [-0.15, -0.1) is 10.2 Å². The molecule has 0 aliphatic heterocycles. The first kappa shape index (κ1) is 17.0. The van der Waals surface area contributed by atoms with Crippen molar-refractivity contribution in [2.45, 2.75) is 39.5 Å². The topological polar surface area (TPSA) is 81.2 Å². The summed E-state index contributed by atoms with van der Waals surface area (Å²) in [6.07, 6.45) is 2.24. The molecule has 0 saturated carbocycles. The normalized spacial score (nSPS) is 11.0. The number of anilines is 1. The highest BCUT2D eigenvalue weighted by Crippen LogP contribution is 2.23. The van der Waals surface area contributed by atoms with Crippen molar-refractivity contribution in [1.29, 1.82) is 0 Å². The molecule has 0 saturated heterocycles. The van der Waals surface area contributed by atoms with Crippen LogP contribution in [0.15, 0.2) is 45.4 Å². The minimum atomic E-state index is -0.0865. The summed E-state index contributed by atoms with van der Waals surface area (Å²) in [6.45, 7) is 6.10. The molecule has 1 amide bonds. The van der Waals surface area contributed by atoms with Crippen molar-refractivity contribution in [1.82, 2.24) is 10.2 Å². The van der Waals surface area contributed by atoms with E-state index in [9.17, 15) is 4.79 Å². The van der Waals surface area contributed by atoms with Gasteiger partial charge in [-0.05, 0) is 36.6 Å². The van der Waals surface area contributed by atoms with E-state index in [1.165, 1.54) is 5.56 Å². The summed E-state index contributed by atoms with van der Waals surface area (Å²) < 4.78 is 10.8. The number of nitrogens with zero attached hydrogens (tertiary/aromatic N) is 2. The molecule has 0 aliphatic carbocycles. The average molecular weight is 339 g/mol. The number of carbonyl (C=O) groups excluding carboxylic acids is 1. The Morgan fingerprint density at radius 1 is 1.16 bits per heavy atom. The number of carbonyl (C=O) groups is 1. The molecule has 25 heavy (non-hydrogen) atoms. The standard InChI is InChI=1S/C19H21N3O3/c1-12(2)14-4-6-15(7-5-14)20-17(23)8-9-18-21-22-19(25-18)16-10-11-24-13(16)3/h4-7,10-12H,8-9H2,1-3H3,(H,20,23). The molecule has 0 spiro atoms. The zero-order valence-electron chi connectivity index (χ0n) is 14.6.